The van der Waals surface area contributed by atoms with Crippen LogP contribution in [0.2, 0.25) is 0 Å². The first-order valence-corrected chi connectivity index (χ1v) is 5.88. The summed E-state index contributed by atoms with van der Waals surface area (Å²) >= 11 is 0. The highest BCUT2D eigenvalue weighted by Crippen LogP contribution is 2.07. The number of likely N-dealkylation sites (N-methyl/N-ethyl adjacent to an activating group) is 1. The molecule has 0 bridgehead atoms. The molecule has 86 valence electrons. The molecular formula is C12H23N3. The van der Waals surface area contributed by atoms with Crippen LogP contribution in [0.15, 0.2) is 0 Å². The molecular weight excluding hydrogens is 186 g/mol. The van der Waals surface area contributed by atoms with E-state index < -0.39 is 0 Å². The molecule has 1 saturated heterocycles. The van der Waals surface area contributed by atoms with Gasteiger partial charge in [0.1, 0.15) is 0 Å². The Kier molecular flexibility index (Phi) is 5.70. The second-order valence-corrected chi connectivity index (χ2v) is 4.16. The molecule has 1 unspecified atom stereocenters. The van der Waals surface area contributed by atoms with Gasteiger partial charge in [-0.2, -0.15) is 0 Å². The van der Waals surface area contributed by atoms with Gasteiger partial charge in [-0.3, -0.25) is 9.80 Å². The Morgan fingerprint density at radius 1 is 1.47 bits per heavy atom. The maximum atomic E-state index is 5.17. The van der Waals surface area contributed by atoms with Crippen molar-refractivity contribution in [1.29, 1.82) is 0 Å². The summed E-state index contributed by atoms with van der Waals surface area (Å²) in [5, 5.41) is 3.23. The molecule has 1 rings (SSSR count). The highest BCUT2D eigenvalue weighted by atomic mass is 15.3. The van der Waals surface area contributed by atoms with Crippen LogP contribution in [0.3, 0.4) is 0 Å². The van der Waals surface area contributed by atoms with Crippen molar-refractivity contribution in [2.75, 3.05) is 45.8 Å². The van der Waals surface area contributed by atoms with Crippen molar-refractivity contribution in [1.82, 2.24) is 15.1 Å². The van der Waals surface area contributed by atoms with E-state index in [1.165, 1.54) is 26.2 Å². The fourth-order valence-electron chi connectivity index (χ4n) is 2.14. The summed E-state index contributed by atoms with van der Waals surface area (Å²) in [4.78, 5) is 5.05. The zero-order valence-corrected chi connectivity index (χ0v) is 10.00. The molecule has 1 fully saturated rings. The molecule has 1 aliphatic heterocycles. The van der Waals surface area contributed by atoms with Gasteiger partial charge >= 0.3 is 0 Å². The number of rotatable bonds is 5. The Balaban J connectivity index is 2.15. The first kappa shape index (κ1) is 12.5. The number of nitrogens with zero attached hydrogens (tertiary/aromatic N) is 2. The largest absolute Gasteiger partial charge is 0.305 e. The van der Waals surface area contributed by atoms with Crippen LogP contribution in [0.5, 0.6) is 0 Å². The molecule has 3 heteroatoms. The normalized spacial score (nSPS) is 23.9. The van der Waals surface area contributed by atoms with E-state index in [2.05, 4.69) is 34.9 Å². The lowest BCUT2D eigenvalue weighted by Crippen LogP contribution is -2.52. The van der Waals surface area contributed by atoms with Gasteiger partial charge in [-0.15, -0.1) is 6.42 Å². The topological polar surface area (TPSA) is 18.5 Å². The Morgan fingerprint density at radius 3 is 2.87 bits per heavy atom. The fraction of sp³-hybridized carbons (Fsp3) is 0.833. The summed E-state index contributed by atoms with van der Waals surface area (Å²) < 4.78 is 0. The number of hydrogen-bond acceptors (Lipinski definition) is 3. The third kappa shape index (κ3) is 4.21. The smallest absolute Gasteiger partial charge is 0.0574 e. The SMILES string of the molecule is C#CCNCCN1CCN(CC)C(C)C1. The van der Waals surface area contributed by atoms with Crippen LogP contribution in [0.25, 0.3) is 0 Å². The van der Waals surface area contributed by atoms with Crippen LogP contribution in [-0.4, -0.2) is 61.7 Å². The lowest BCUT2D eigenvalue weighted by molar-refractivity contribution is 0.0890. The van der Waals surface area contributed by atoms with E-state index >= 15 is 0 Å². The van der Waals surface area contributed by atoms with Gasteiger partial charge in [0.25, 0.3) is 0 Å². The molecule has 0 radical (unpaired) electrons. The highest BCUT2D eigenvalue weighted by Gasteiger charge is 2.21. The Hall–Kier alpha value is -0.560. The lowest BCUT2D eigenvalue weighted by atomic mass is 10.2. The van der Waals surface area contributed by atoms with Crippen LogP contribution in [-0.2, 0) is 0 Å². The molecule has 3 nitrogen and oxygen atoms in total. The molecule has 0 saturated carbocycles. The van der Waals surface area contributed by atoms with Gasteiger partial charge in [0, 0.05) is 38.8 Å². The fourth-order valence-corrected chi connectivity index (χ4v) is 2.14. The van der Waals surface area contributed by atoms with Gasteiger partial charge in [0.2, 0.25) is 0 Å². The summed E-state index contributed by atoms with van der Waals surface area (Å²) in [7, 11) is 0. The summed E-state index contributed by atoms with van der Waals surface area (Å²) in [6.07, 6.45) is 5.17. The molecule has 1 aliphatic rings. The molecule has 15 heavy (non-hydrogen) atoms. The zero-order chi connectivity index (χ0) is 11.1. The van der Waals surface area contributed by atoms with Crippen molar-refractivity contribution < 1.29 is 0 Å². The molecule has 1 N–H and O–H groups in total. The summed E-state index contributed by atoms with van der Waals surface area (Å²) in [6.45, 7) is 12.1. The Bertz CT molecular complexity index is 209. The molecule has 0 spiro atoms. The summed E-state index contributed by atoms with van der Waals surface area (Å²) in [6, 6.07) is 0.691. The van der Waals surface area contributed by atoms with Crippen molar-refractivity contribution in [2.45, 2.75) is 19.9 Å². The van der Waals surface area contributed by atoms with E-state index in [4.69, 9.17) is 6.42 Å². The summed E-state index contributed by atoms with van der Waals surface area (Å²) in [5.74, 6) is 2.59. The first-order valence-electron chi connectivity index (χ1n) is 5.88. The lowest BCUT2D eigenvalue weighted by Gasteiger charge is -2.39. The van der Waals surface area contributed by atoms with Crippen molar-refractivity contribution >= 4 is 0 Å². The molecule has 0 aromatic rings. The minimum absolute atomic E-state index is 0.685. The zero-order valence-electron chi connectivity index (χ0n) is 10.00. The minimum Gasteiger partial charge on any atom is -0.305 e. The maximum absolute atomic E-state index is 5.17. The Labute approximate surface area is 93.8 Å². The Morgan fingerprint density at radius 2 is 2.27 bits per heavy atom. The van der Waals surface area contributed by atoms with Gasteiger partial charge < -0.3 is 5.32 Å². The van der Waals surface area contributed by atoms with Crippen molar-refractivity contribution in [2.24, 2.45) is 0 Å². The first-order chi connectivity index (χ1) is 7.27. The second kappa shape index (κ2) is 6.84. The molecule has 0 amide bonds. The van der Waals surface area contributed by atoms with Gasteiger partial charge in [0.15, 0.2) is 0 Å². The molecule has 1 heterocycles. The third-order valence-corrected chi connectivity index (χ3v) is 3.09. The summed E-state index contributed by atoms with van der Waals surface area (Å²) in [5.41, 5.74) is 0. The van der Waals surface area contributed by atoms with Gasteiger partial charge in [-0.25, -0.2) is 0 Å². The molecule has 0 aromatic heterocycles. The van der Waals surface area contributed by atoms with E-state index in [1.54, 1.807) is 0 Å². The van der Waals surface area contributed by atoms with Crippen LogP contribution in [0, 0.1) is 12.3 Å². The minimum atomic E-state index is 0.685. The second-order valence-electron chi connectivity index (χ2n) is 4.16. The van der Waals surface area contributed by atoms with Crippen LogP contribution in [0.4, 0.5) is 0 Å². The average Bonchev–Trinajstić information content (AvgIpc) is 2.25. The molecule has 0 aromatic carbocycles. The number of nitrogens with one attached hydrogen (secondary N) is 1. The van der Waals surface area contributed by atoms with Crippen molar-refractivity contribution in [3.8, 4) is 12.3 Å². The van der Waals surface area contributed by atoms with E-state index in [-0.39, 0.29) is 0 Å². The number of terminal acetylenes is 1. The van der Waals surface area contributed by atoms with Gasteiger partial charge in [-0.1, -0.05) is 12.8 Å². The predicted molar refractivity (Wildman–Crippen MR) is 64.9 cm³/mol. The highest BCUT2D eigenvalue weighted by molar-refractivity contribution is 4.86. The standard InChI is InChI=1S/C12H23N3/c1-4-6-13-7-8-14-9-10-15(5-2)12(3)11-14/h1,12-13H,5-11H2,2-3H3. The average molecular weight is 209 g/mol. The van der Waals surface area contributed by atoms with Crippen LogP contribution < -0.4 is 5.32 Å². The van der Waals surface area contributed by atoms with Gasteiger partial charge in [-0.05, 0) is 13.5 Å². The number of hydrogen-bond donors (Lipinski definition) is 1. The predicted octanol–water partition coefficient (Wildman–Crippen LogP) is 0.235. The molecule has 1 atom stereocenters. The number of piperazine rings is 1. The van der Waals surface area contributed by atoms with Crippen LogP contribution in [0.1, 0.15) is 13.8 Å². The van der Waals surface area contributed by atoms with E-state index in [9.17, 15) is 0 Å². The van der Waals surface area contributed by atoms with Crippen molar-refractivity contribution in [3.05, 3.63) is 0 Å². The van der Waals surface area contributed by atoms with Crippen molar-refractivity contribution in [3.63, 3.8) is 0 Å². The molecule has 0 aliphatic carbocycles. The third-order valence-electron chi connectivity index (χ3n) is 3.09. The van der Waals surface area contributed by atoms with E-state index in [1.807, 2.05) is 0 Å². The maximum Gasteiger partial charge on any atom is 0.0574 e. The van der Waals surface area contributed by atoms with Crippen LogP contribution >= 0.6 is 0 Å². The van der Waals surface area contributed by atoms with Gasteiger partial charge in [0.05, 0.1) is 6.54 Å². The quantitative estimate of drug-likeness (QED) is 0.517. The van der Waals surface area contributed by atoms with E-state index in [0.717, 1.165) is 13.1 Å². The monoisotopic (exact) mass is 209 g/mol. The van der Waals surface area contributed by atoms with E-state index in [0.29, 0.717) is 12.6 Å².